The van der Waals surface area contributed by atoms with E-state index in [0.717, 1.165) is 6.42 Å². The number of amides is 2. The maximum Gasteiger partial charge on any atom is 0.265 e. The van der Waals surface area contributed by atoms with Gasteiger partial charge in [-0.2, -0.15) is 0 Å². The number of benzene rings is 1. The van der Waals surface area contributed by atoms with Crippen LogP contribution in [0.5, 0.6) is 5.75 Å². The molecule has 2 aliphatic heterocycles. The number of para-hydroxylation sites is 2. The highest BCUT2D eigenvalue weighted by Gasteiger charge is 2.34. The van der Waals surface area contributed by atoms with Gasteiger partial charge in [-0.1, -0.05) is 12.1 Å². The Hall–Kier alpha value is -2.08. The average Bonchev–Trinajstić information content (AvgIpc) is 2.91. The van der Waals surface area contributed by atoms with Gasteiger partial charge >= 0.3 is 0 Å². The van der Waals surface area contributed by atoms with Crippen LogP contribution in [0.1, 0.15) is 13.3 Å². The number of likely N-dealkylation sites (tertiary alicyclic amines) is 1. The van der Waals surface area contributed by atoms with Gasteiger partial charge in [-0.25, -0.2) is 0 Å². The fraction of sp³-hybridized carbons (Fsp3) is 0.500. The Balaban J connectivity index is 1.75. The number of carbonyl (C=O) groups excluding carboxylic acids is 2. The zero-order valence-electron chi connectivity index (χ0n) is 12.7. The van der Waals surface area contributed by atoms with Crippen molar-refractivity contribution < 1.29 is 14.3 Å². The molecule has 2 amide bonds. The van der Waals surface area contributed by atoms with E-state index in [9.17, 15) is 9.59 Å². The van der Waals surface area contributed by atoms with Crippen molar-refractivity contribution >= 4 is 17.5 Å². The van der Waals surface area contributed by atoms with E-state index in [1.165, 1.54) is 4.90 Å². The van der Waals surface area contributed by atoms with E-state index in [4.69, 9.17) is 10.5 Å². The van der Waals surface area contributed by atoms with Crippen LogP contribution in [0.2, 0.25) is 0 Å². The highest BCUT2D eigenvalue weighted by molar-refractivity contribution is 6.02. The summed E-state index contributed by atoms with van der Waals surface area (Å²) in [6, 6.07) is 7.47. The van der Waals surface area contributed by atoms with E-state index in [1.807, 2.05) is 30.0 Å². The minimum atomic E-state index is -0.186. The molecular formula is C16H21N3O3. The van der Waals surface area contributed by atoms with Gasteiger partial charge in [0, 0.05) is 12.6 Å². The third-order valence-corrected chi connectivity index (χ3v) is 4.42. The Kier molecular flexibility index (Phi) is 4.02. The molecule has 118 valence electrons. The average molecular weight is 303 g/mol. The van der Waals surface area contributed by atoms with Gasteiger partial charge < -0.3 is 15.4 Å². The molecule has 0 spiro atoms. The quantitative estimate of drug-likeness (QED) is 0.887. The molecule has 1 saturated heterocycles. The van der Waals surface area contributed by atoms with Gasteiger partial charge in [-0.3, -0.25) is 14.5 Å². The molecule has 2 atom stereocenters. The first kappa shape index (κ1) is 14.8. The Morgan fingerprint density at radius 3 is 2.91 bits per heavy atom. The Bertz CT molecular complexity index is 590. The molecule has 6 heteroatoms. The monoisotopic (exact) mass is 303 g/mol. The molecule has 1 fully saturated rings. The third kappa shape index (κ3) is 2.66. The van der Waals surface area contributed by atoms with Crippen molar-refractivity contribution in [1.29, 1.82) is 0 Å². The van der Waals surface area contributed by atoms with Crippen molar-refractivity contribution in [2.75, 3.05) is 31.1 Å². The predicted octanol–water partition coefficient (Wildman–Crippen LogP) is 0.608. The smallest absolute Gasteiger partial charge is 0.265 e. The van der Waals surface area contributed by atoms with E-state index >= 15 is 0 Å². The van der Waals surface area contributed by atoms with Crippen LogP contribution in [0.25, 0.3) is 0 Å². The van der Waals surface area contributed by atoms with Crippen molar-refractivity contribution in [3.63, 3.8) is 0 Å². The van der Waals surface area contributed by atoms with Crippen LogP contribution in [0.3, 0.4) is 0 Å². The van der Waals surface area contributed by atoms with Crippen LogP contribution < -0.4 is 15.4 Å². The van der Waals surface area contributed by atoms with Gasteiger partial charge in [0.25, 0.3) is 5.91 Å². The normalized spacial score (nSPS) is 24.2. The lowest BCUT2D eigenvalue weighted by molar-refractivity contribution is -0.132. The first-order chi connectivity index (χ1) is 10.6. The summed E-state index contributed by atoms with van der Waals surface area (Å²) in [6.45, 7) is 3.33. The van der Waals surface area contributed by atoms with Gasteiger partial charge in [0.1, 0.15) is 12.3 Å². The molecule has 0 aromatic heterocycles. The first-order valence-corrected chi connectivity index (χ1v) is 7.62. The standard InChI is InChI=1S/C16H21N3O3/c1-11-6-12(7-17)8-18(11)15(20)9-19-13-4-2-3-5-14(13)22-10-16(19)21/h2-5,11-12H,6-10,17H2,1H3. The molecule has 0 radical (unpaired) electrons. The minimum absolute atomic E-state index is 0.0225. The lowest BCUT2D eigenvalue weighted by Gasteiger charge is -2.31. The molecule has 22 heavy (non-hydrogen) atoms. The topological polar surface area (TPSA) is 75.9 Å². The predicted molar refractivity (Wildman–Crippen MR) is 82.6 cm³/mol. The summed E-state index contributed by atoms with van der Waals surface area (Å²) in [5.41, 5.74) is 6.37. The third-order valence-electron chi connectivity index (χ3n) is 4.42. The highest BCUT2D eigenvalue weighted by atomic mass is 16.5. The fourth-order valence-electron chi connectivity index (χ4n) is 3.21. The number of carbonyl (C=O) groups is 2. The summed E-state index contributed by atoms with van der Waals surface area (Å²) in [7, 11) is 0. The largest absolute Gasteiger partial charge is 0.482 e. The second-order valence-electron chi connectivity index (χ2n) is 5.97. The maximum atomic E-state index is 12.6. The van der Waals surface area contributed by atoms with Crippen LogP contribution in [-0.2, 0) is 9.59 Å². The molecule has 0 aliphatic carbocycles. The van der Waals surface area contributed by atoms with E-state index < -0.39 is 0 Å². The van der Waals surface area contributed by atoms with Crippen LogP contribution in [-0.4, -0.2) is 49.0 Å². The number of hydrogen-bond acceptors (Lipinski definition) is 4. The van der Waals surface area contributed by atoms with Crippen molar-refractivity contribution in [3.8, 4) is 5.75 Å². The first-order valence-electron chi connectivity index (χ1n) is 7.62. The number of ether oxygens (including phenoxy) is 1. The highest BCUT2D eigenvalue weighted by Crippen LogP contribution is 2.32. The van der Waals surface area contributed by atoms with Crippen molar-refractivity contribution in [1.82, 2.24) is 4.90 Å². The summed E-state index contributed by atoms with van der Waals surface area (Å²) >= 11 is 0. The zero-order chi connectivity index (χ0) is 15.7. The number of anilines is 1. The Labute approximate surface area is 129 Å². The van der Waals surface area contributed by atoms with Crippen molar-refractivity contribution in [2.45, 2.75) is 19.4 Å². The molecule has 2 unspecified atom stereocenters. The second kappa shape index (κ2) is 5.96. The summed E-state index contributed by atoms with van der Waals surface area (Å²) in [4.78, 5) is 28.1. The van der Waals surface area contributed by atoms with E-state index in [2.05, 4.69) is 0 Å². The lowest BCUT2D eigenvalue weighted by atomic mass is 10.1. The Morgan fingerprint density at radius 1 is 1.41 bits per heavy atom. The number of fused-ring (bicyclic) bond motifs is 1. The van der Waals surface area contributed by atoms with Crippen LogP contribution in [0.15, 0.2) is 24.3 Å². The van der Waals surface area contributed by atoms with Crippen LogP contribution in [0, 0.1) is 5.92 Å². The van der Waals surface area contributed by atoms with Crippen molar-refractivity contribution in [2.24, 2.45) is 11.7 Å². The number of rotatable bonds is 3. The maximum absolute atomic E-state index is 12.6. The molecule has 0 bridgehead atoms. The zero-order valence-corrected chi connectivity index (χ0v) is 12.7. The van der Waals surface area contributed by atoms with Gasteiger partial charge in [0.15, 0.2) is 6.61 Å². The summed E-state index contributed by atoms with van der Waals surface area (Å²) in [6.07, 6.45) is 0.926. The summed E-state index contributed by atoms with van der Waals surface area (Å²) in [5, 5.41) is 0. The number of nitrogens with zero attached hydrogens (tertiary/aromatic N) is 2. The molecule has 6 nitrogen and oxygen atoms in total. The van der Waals surface area contributed by atoms with Crippen LogP contribution in [0.4, 0.5) is 5.69 Å². The molecule has 2 N–H and O–H groups in total. The van der Waals surface area contributed by atoms with Gasteiger partial charge in [0.05, 0.1) is 5.69 Å². The molecule has 2 aliphatic rings. The van der Waals surface area contributed by atoms with E-state index in [-0.39, 0.29) is 31.0 Å². The van der Waals surface area contributed by atoms with Gasteiger partial charge in [-0.15, -0.1) is 0 Å². The summed E-state index contributed by atoms with van der Waals surface area (Å²) in [5.74, 6) is 0.776. The number of hydrogen-bond donors (Lipinski definition) is 1. The molecule has 1 aromatic carbocycles. The Morgan fingerprint density at radius 2 is 2.18 bits per heavy atom. The van der Waals surface area contributed by atoms with E-state index in [0.29, 0.717) is 30.4 Å². The minimum Gasteiger partial charge on any atom is -0.482 e. The van der Waals surface area contributed by atoms with Gasteiger partial charge in [-0.05, 0) is 37.9 Å². The molecule has 0 saturated carbocycles. The molecule has 1 aromatic rings. The molecule has 3 rings (SSSR count). The lowest BCUT2D eigenvalue weighted by Crippen LogP contribution is -2.47. The SMILES string of the molecule is CC1CC(CN)CN1C(=O)CN1C(=O)COc2ccccc21. The molecule has 2 heterocycles. The number of nitrogens with two attached hydrogens (primary N) is 1. The van der Waals surface area contributed by atoms with Crippen molar-refractivity contribution in [3.05, 3.63) is 24.3 Å². The van der Waals surface area contributed by atoms with Crippen LogP contribution >= 0.6 is 0 Å². The second-order valence-corrected chi connectivity index (χ2v) is 5.97. The van der Waals surface area contributed by atoms with Gasteiger partial charge in [0.2, 0.25) is 5.91 Å². The summed E-state index contributed by atoms with van der Waals surface area (Å²) < 4.78 is 5.40. The molecular weight excluding hydrogens is 282 g/mol. The van der Waals surface area contributed by atoms with E-state index in [1.54, 1.807) is 6.07 Å². The fourth-order valence-corrected chi connectivity index (χ4v) is 3.21.